The Labute approximate surface area is 132 Å². The van der Waals surface area contributed by atoms with E-state index in [0.29, 0.717) is 6.54 Å². The maximum absolute atomic E-state index is 9.00. The van der Waals surface area contributed by atoms with Crippen LogP contribution in [0.4, 0.5) is 0 Å². The molecule has 0 radical (unpaired) electrons. The summed E-state index contributed by atoms with van der Waals surface area (Å²) < 4.78 is 0. The average Bonchev–Trinajstić information content (AvgIpc) is 2.31. The first-order chi connectivity index (χ1) is 10.1. The van der Waals surface area contributed by atoms with Gasteiger partial charge in [-0.1, -0.05) is 19.8 Å². The molecule has 5 N–H and O–H groups in total. The van der Waals surface area contributed by atoms with Gasteiger partial charge in [0.2, 0.25) is 0 Å². The molecule has 0 amide bonds. The lowest BCUT2D eigenvalue weighted by Crippen LogP contribution is -2.02. The van der Waals surface area contributed by atoms with E-state index >= 15 is 0 Å². The fourth-order valence-electron chi connectivity index (χ4n) is 0.743. The fourth-order valence-corrected chi connectivity index (χ4v) is 0.743. The molecule has 0 aromatic rings. The topological polar surface area (TPSA) is 150 Å². The van der Waals surface area contributed by atoms with E-state index in [1.165, 1.54) is 19.3 Å². The molecule has 0 aliphatic rings. The highest BCUT2D eigenvalue weighted by Crippen LogP contribution is 1.95. The van der Waals surface area contributed by atoms with Crippen LogP contribution in [0.3, 0.4) is 0 Å². The van der Waals surface area contributed by atoms with Crippen molar-refractivity contribution >= 4 is 24.1 Å². The maximum atomic E-state index is 9.00. The summed E-state index contributed by atoms with van der Waals surface area (Å²) in [7, 11) is 0. The first kappa shape index (κ1) is 28.2. The Morgan fingerprint density at radius 3 is 1.59 bits per heavy atom. The third kappa shape index (κ3) is 206. The number of aliphatic carboxylic acids is 3. The van der Waals surface area contributed by atoms with Crippen LogP contribution in [-0.4, -0.2) is 52.5 Å². The summed E-state index contributed by atoms with van der Waals surface area (Å²) in [6, 6.07) is 0. The van der Waals surface area contributed by atoms with Crippen molar-refractivity contribution in [3.8, 4) is 0 Å². The Hall–Kier alpha value is -1.96. The Morgan fingerprint density at radius 1 is 0.955 bits per heavy atom. The zero-order valence-corrected chi connectivity index (χ0v) is 13.9. The van der Waals surface area contributed by atoms with Gasteiger partial charge >= 0.3 is 0 Å². The van der Waals surface area contributed by atoms with Crippen LogP contribution < -0.4 is 5.73 Å². The molecule has 0 saturated carbocycles. The normalized spacial score (nSPS) is 8.41. The van der Waals surface area contributed by atoms with Crippen LogP contribution in [0.1, 0.15) is 53.4 Å². The molecule has 0 aliphatic heterocycles. The summed E-state index contributed by atoms with van der Waals surface area (Å²) in [5, 5.41) is 22.2. The maximum Gasteiger partial charge on any atom is 0.300 e. The molecule has 0 aliphatic carbocycles. The average molecular weight is 322 g/mol. The van der Waals surface area contributed by atoms with Gasteiger partial charge in [0.05, 0.1) is 6.54 Å². The van der Waals surface area contributed by atoms with Crippen molar-refractivity contribution in [3.63, 3.8) is 0 Å². The van der Waals surface area contributed by atoms with E-state index in [9.17, 15) is 0 Å². The predicted molar refractivity (Wildman–Crippen MR) is 86.5 cm³/mol. The fraction of sp³-hybridized carbons (Fsp3) is 0.714. The van der Waals surface area contributed by atoms with E-state index in [2.05, 4.69) is 11.9 Å². The molecule has 0 atom stereocenters. The van der Waals surface area contributed by atoms with Crippen LogP contribution in [0.5, 0.6) is 0 Å². The first-order valence-electron chi connectivity index (χ1n) is 6.88. The summed E-state index contributed by atoms with van der Waals surface area (Å²) in [6.07, 6.45) is 6.97. The second-order valence-electron chi connectivity index (χ2n) is 3.93. The molecule has 0 aromatic carbocycles. The van der Waals surface area contributed by atoms with Crippen molar-refractivity contribution in [1.29, 1.82) is 0 Å². The number of aliphatic imine (C=N–C) groups is 1. The van der Waals surface area contributed by atoms with Gasteiger partial charge in [-0.05, 0) is 19.1 Å². The molecule has 0 bridgehead atoms. The van der Waals surface area contributed by atoms with Crippen LogP contribution in [0.25, 0.3) is 0 Å². The Bertz CT molecular complexity index is 253. The van der Waals surface area contributed by atoms with Gasteiger partial charge in [0.15, 0.2) is 0 Å². The van der Waals surface area contributed by atoms with Crippen molar-refractivity contribution in [1.82, 2.24) is 0 Å². The number of nitrogens with two attached hydrogens (primary N) is 1. The molecule has 22 heavy (non-hydrogen) atoms. The summed E-state index contributed by atoms with van der Waals surface area (Å²) in [5.41, 5.74) is 5.26. The summed E-state index contributed by atoms with van der Waals surface area (Å²) in [4.78, 5) is 31.1. The standard InChI is InChI=1S/C8H18N2.3C2H4O2/c1-2-3-4-5-7-10-8-6-9;3*1-2(3)4/h7H,2-6,8-9H2,1H3;3*1H3,(H,3,4). The quantitative estimate of drug-likeness (QED) is 0.430. The van der Waals surface area contributed by atoms with E-state index in [-0.39, 0.29) is 0 Å². The van der Waals surface area contributed by atoms with Crippen molar-refractivity contribution in [2.24, 2.45) is 10.7 Å². The molecule has 0 heterocycles. The minimum Gasteiger partial charge on any atom is -0.481 e. The van der Waals surface area contributed by atoms with Gasteiger partial charge in [-0.15, -0.1) is 0 Å². The summed E-state index contributed by atoms with van der Waals surface area (Å²) in [6.45, 7) is 6.91. The highest BCUT2D eigenvalue weighted by Gasteiger charge is 1.81. The molecular weight excluding hydrogens is 292 g/mol. The van der Waals surface area contributed by atoms with Gasteiger partial charge in [0.1, 0.15) is 0 Å². The minimum absolute atomic E-state index is 0.671. The number of nitrogens with zero attached hydrogens (tertiary/aromatic N) is 1. The van der Waals surface area contributed by atoms with E-state index in [0.717, 1.165) is 33.7 Å². The van der Waals surface area contributed by atoms with Crippen molar-refractivity contribution in [2.45, 2.75) is 53.4 Å². The Morgan fingerprint density at radius 2 is 1.32 bits per heavy atom. The molecule has 0 fully saturated rings. The number of unbranched alkanes of at least 4 members (excludes halogenated alkanes) is 3. The molecule has 0 aromatic heterocycles. The van der Waals surface area contributed by atoms with Crippen LogP contribution in [0, 0.1) is 0 Å². The molecule has 0 saturated heterocycles. The Balaban J connectivity index is -0.000000112. The van der Waals surface area contributed by atoms with Crippen molar-refractivity contribution < 1.29 is 29.7 Å². The van der Waals surface area contributed by atoms with Crippen LogP contribution >= 0.6 is 0 Å². The predicted octanol–water partition coefficient (Wildman–Crippen LogP) is 1.87. The lowest BCUT2D eigenvalue weighted by Gasteiger charge is -1.90. The second kappa shape index (κ2) is 27.4. The van der Waals surface area contributed by atoms with Gasteiger partial charge < -0.3 is 21.1 Å². The lowest BCUT2D eigenvalue weighted by molar-refractivity contribution is -0.135. The third-order valence-electron chi connectivity index (χ3n) is 1.32. The minimum atomic E-state index is -0.833. The molecule has 132 valence electrons. The number of carbonyl (C=O) groups is 3. The van der Waals surface area contributed by atoms with Gasteiger partial charge in [-0.25, -0.2) is 0 Å². The van der Waals surface area contributed by atoms with E-state index < -0.39 is 17.9 Å². The first-order valence-corrected chi connectivity index (χ1v) is 6.88. The number of hydrogen-bond acceptors (Lipinski definition) is 5. The zero-order valence-electron chi connectivity index (χ0n) is 13.9. The monoisotopic (exact) mass is 322 g/mol. The van der Waals surface area contributed by atoms with Crippen LogP contribution in [-0.2, 0) is 14.4 Å². The number of carboxylic acid groups (broad SMARTS) is 3. The number of rotatable bonds is 6. The molecule has 8 heteroatoms. The highest BCUT2D eigenvalue weighted by atomic mass is 16.4. The highest BCUT2D eigenvalue weighted by molar-refractivity contribution is 5.63. The van der Waals surface area contributed by atoms with Crippen molar-refractivity contribution in [3.05, 3.63) is 0 Å². The van der Waals surface area contributed by atoms with E-state index in [4.69, 9.17) is 35.4 Å². The van der Waals surface area contributed by atoms with Gasteiger partial charge in [0, 0.05) is 27.3 Å². The van der Waals surface area contributed by atoms with Gasteiger partial charge in [-0.3, -0.25) is 19.4 Å². The van der Waals surface area contributed by atoms with Crippen molar-refractivity contribution in [2.75, 3.05) is 13.1 Å². The van der Waals surface area contributed by atoms with E-state index in [1.807, 2.05) is 6.21 Å². The third-order valence-corrected chi connectivity index (χ3v) is 1.32. The largest absolute Gasteiger partial charge is 0.481 e. The number of hydrogen-bond donors (Lipinski definition) is 4. The molecule has 0 spiro atoms. The zero-order chi connectivity index (χ0) is 18.4. The molecule has 0 rings (SSSR count). The molecular formula is C14H30N2O6. The van der Waals surface area contributed by atoms with Gasteiger partial charge in [0.25, 0.3) is 17.9 Å². The lowest BCUT2D eigenvalue weighted by atomic mass is 10.2. The Kier molecular flexibility index (Phi) is 35.2. The summed E-state index contributed by atoms with van der Waals surface area (Å²) in [5.74, 6) is -2.50. The van der Waals surface area contributed by atoms with E-state index in [1.54, 1.807) is 0 Å². The van der Waals surface area contributed by atoms with Crippen LogP contribution in [0.15, 0.2) is 4.99 Å². The second-order valence-corrected chi connectivity index (χ2v) is 3.93. The SMILES string of the molecule is CC(=O)O.CC(=O)O.CC(=O)O.CCCCCC=NCCN. The molecule has 0 unspecified atom stereocenters. The smallest absolute Gasteiger partial charge is 0.300 e. The van der Waals surface area contributed by atoms with Gasteiger partial charge in [-0.2, -0.15) is 0 Å². The summed E-state index contributed by atoms with van der Waals surface area (Å²) >= 11 is 0. The number of carboxylic acids is 3. The molecule has 8 nitrogen and oxygen atoms in total. The van der Waals surface area contributed by atoms with Crippen LogP contribution in [0.2, 0.25) is 0 Å².